The molecule has 0 radical (unpaired) electrons. The maximum absolute atomic E-state index is 13.6. The predicted molar refractivity (Wildman–Crippen MR) is 124 cm³/mol. The van der Waals surface area contributed by atoms with Crippen molar-refractivity contribution in [1.82, 2.24) is 4.98 Å². The van der Waals surface area contributed by atoms with Gasteiger partial charge in [0.1, 0.15) is 22.1 Å². The summed E-state index contributed by atoms with van der Waals surface area (Å²) in [6, 6.07) is 14.2. The number of furan rings is 1. The second-order valence-corrected chi connectivity index (χ2v) is 8.77. The second-order valence-electron chi connectivity index (χ2n) is 7.74. The lowest BCUT2D eigenvalue weighted by Crippen LogP contribution is -2.12. The number of nitrogens with zero attached hydrogens (tertiary/aromatic N) is 1. The van der Waals surface area contributed by atoms with Gasteiger partial charge in [0.15, 0.2) is 0 Å². The van der Waals surface area contributed by atoms with E-state index >= 15 is 0 Å². The van der Waals surface area contributed by atoms with Gasteiger partial charge in [0.2, 0.25) is 11.2 Å². The van der Waals surface area contributed by atoms with Gasteiger partial charge in [0, 0.05) is 11.5 Å². The predicted octanol–water partition coefficient (Wildman–Crippen LogP) is 6.31. The lowest BCUT2D eigenvalue weighted by Gasteiger charge is -2.14. The van der Waals surface area contributed by atoms with Gasteiger partial charge in [-0.1, -0.05) is 26.0 Å². The Morgan fingerprint density at radius 2 is 1.91 bits per heavy atom. The number of rotatable bonds is 4. The first-order valence-electron chi connectivity index (χ1n) is 10.2. The minimum atomic E-state index is -0.616. The van der Waals surface area contributed by atoms with E-state index in [1.807, 2.05) is 38.1 Å². The lowest BCUT2D eigenvalue weighted by molar-refractivity contribution is 0.0700. The molecule has 0 saturated heterocycles. The molecule has 3 aromatic heterocycles. The van der Waals surface area contributed by atoms with E-state index in [0.717, 1.165) is 10.2 Å². The molecular formula is C25H19NO5S. The third-order valence-electron chi connectivity index (χ3n) is 5.24. The van der Waals surface area contributed by atoms with E-state index < -0.39 is 5.97 Å². The van der Waals surface area contributed by atoms with Crippen molar-refractivity contribution in [2.75, 3.05) is 0 Å². The van der Waals surface area contributed by atoms with Gasteiger partial charge in [-0.2, -0.15) is 0 Å². The van der Waals surface area contributed by atoms with E-state index in [9.17, 15) is 9.59 Å². The Bertz CT molecular complexity index is 1490. The molecule has 6 nitrogen and oxygen atoms in total. The fourth-order valence-corrected chi connectivity index (χ4v) is 4.65. The second kappa shape index (κ2) is 7.76. The van der Waals surface area contributed by atoms with Gasteiger partial charge >= 0.3 is 5.97 Å². The molecule has 2 aromatic carbocycles. The van der Waals surface area contributed by atoms with Crippen LogP contribution in [0.25, 0.3) is 31.8 Å². The number of hydrogen-bond donors (Lipinski definition) is 0. The minimum absolute atomic E-state index is 0.0529. The number of benzene rings is 2. The first kappa shape index (κ1) is 20.2. The quantitative estimate of drug-likeness (QED) is 0.238. The molecule has 0 unspecified atom stereocenters. The van der Waals surface area contributed by atoms with Gasteiger partial charge in [0.05, 0.1) is 27.4 Å². The summed E-state index contributed by atoms with van der Waals surface area (Å²) in [5.41, 5.74) is 2.14. The zero-order valence-electron chi connectivity index (χ0n) is 17.7. The van der Waals surface area contributed by atoms with Gasteiger partial charge in [-0.15, -0.1) is 11.3 Å². The highest BCUT2D eigenvalue weighted by Crippen LogP contribution is 2.36. The fourth-order valence-electron chi connectivity index (χ4n) is 3.64. The Balaban J connectivity index is 1.68. The van der Waals surface area contributed by atoms with Crippen molar-refractivity contribution >= 4 is 38.5 Å². The van der Waals surface area contributed by atoms with Crippen LogP contribution in [0.1, 0.15) is 41.6 Å². The van der Waals surface area contributed by atoms with E-state index in [0.29, 0.717) is 38.6 Å². The highest BCUT2D eigenvalue weighted by molar-refractivity contribution is 7.21. The van der Waals surface area contributed by atoms with Gasteiger partial charge in [-0.3, -0.25) is 4.79 Å². The van der Waals surface area contributed by atoms with E-state index in [1.54, 1.807) is 25.1 Å². The molecule has 0 aliphatic rings. The maximum atomic E-state index is 13.6. The molecule has 0 spiro atoms. The van der Waals surface area contributed by atoms with Crippen LogP contribution in [0.3, 0.4) is 0 Å². The van der Waals surface area contributed by atoms with E-state index in [2.05, 4.69) is 4.98 Å². The van der Waals surface area contributed by atoms with Crippen LogP contribution in [-0.2, 0) is 0 Å². The molecule has 3 heterocycles. The standard InChI is InChI=1S/C25H19NO5S/c1-13(2)22-20(24-26-16-7-4-5-9-19(16)32-24)21(27)15-10-11-17(14(3)23(15)31-22)30-25(28)18-8-6-12-29-18/h4-13H,1-3H3. The first-order chi connectivity index (χ1) is 15.4. The van der Waals surface area contributed by atoms with Gasteiger partial charge < -0.3 is 13.6 Å². The first-order valence-corrected chi connectivity index (χ1v) is 11.0. The number of aryl methyl sites for hydroxylation is 1. The van der Waals surface area contributed by atoms with Crippen molar-refractivity contribution in [3.63, 3.8) is 0 Å². The topological polar surface area (TPSA) is 82.5 Å². The van der Waals surface area contributed by atoms with E-state index in [1.165, 1.54) is 23.7 Å². The van der Waals surface area contributed by atoms with Crippen LogP contribution in [0.4, 0.5) is 0 Å². The molecule has 32 heavy (non-hydrogen) atoms. The van der Waals surface area contributed by atoms with Crippen LogP contribution in [0.5, 0.6) is 5.75 Å². The number of esters is 1. The average Bonchev–Trinajstić information content (AvgIpc) is 3.45. The third-order valence-corrected chi connectivity index (χ3v) is 6.30. The highest BCUT2D eigenvalue weighted by atomic mass is 32.1. The van der Waals surface area contributed by atoms with Crippen LogP contribution in [0.15, 0.2) is 68.4 Å². The monoisotopic (exact) mass is 445 g/mol. The normalized spacial score (nSPS) is 11.5. The molecular weight excluding hydrogens is 426 g/mol. The number of carbonyl (C=O) groups is 1. The summed E-state index contributed by atoms with van der Waals surface area (Å²) in [4.78, 5) is 30.6. The molecule has 0 fully saturated rings. The number of carbonyl (C=O) groups excluding carboxylic acids is 1. The molecule has 0 saturated carbocycles. The number of thiazole rings is 1. The molecule has 0 N–H and O–H groups in total. The third kappa shape index (κ3) is 3.31. The average molecular weight is 445 g/mol. The Morgan fingerprint density at radius 3 is 2.62 bits per heavy atom. The van der Waals surface area contributed by atoms with Crippen LogP contribution in [0, 0.1) is 6.92 Å². The summed E-state index contributed by atoms with van der Waals surface area (Å²) in [6.45, 7) is 5.70. The molecule has 5 aromatic rings. The number of aromatic nitrogens is 1. The summed E-state index contributed by atoms with van der Waals surface area (Å²) < 4.78 is 17.9. The number of para-hydroxylation sites is 1. The summed E-state index contributed by atoms with van der Waals surface area (Å²) in [5.74, 6) is 0.293. The number of ether oxygens (including phenoxy) is 1. The molecule has 5 rings (SSSR count). The fraction of sp³-hybridized carbons (Fsp3) is 0.160. The van der Waals surface area contributed by atoms with E-state index in [4.69, 9.17) is 13.6 Å². The van der Waals surface area contributed by atoms with Gasteiger partial charge in [-0.25, -0.2) is 9.78 Å². The molecule has 0 atom stereocenters. The summed E-state index contributed by atoms with van der Waals surface area (Å²) in [7, 11) is 0. The van der Waals surface area contributed by atoms with Crippen molar-refractivity contribution in [3.8, 4) is 16.3 Å². The van der Waals surface area contributed by atoms with Crippen molar-refractivity contribution in [2.45, 2.75) is 26.7 Å². The van der Waals surface area contributed by atoms with Crippen molar-refractivity contribution in [2.24, 2.45) is 0 Å². The molecule has 0 bridgehead atoms. The maximum Gasteiger partial charge on any atom is 0.379 e. The molecule has 0 aliphatic carbocycles. The zero-order valence-corrected chi connectivity index (χ0v) is 18.5. The summed E-state index contributed by atoms with van der Waals surface area (Å²) >= 11 is 1.47. The largest absolute Gasteiger partial charge is 0.459 e. The summed E-state index contributed by atoms with van der Waals surface area (Å²) in [5, 5.41) is 1.05. The molecule has 0 amide bonds. The Labute approximate surface area is 187 Å². The number of fused-ring (bicyclic) bond motifs is 2. The molecule has 7 heteroatoms. The minimum Gasteiger partial charge on any atom is -0.459 e. The Hall–Kier alpha value is -3.71. The van der Waals surface area contributed by atoms with E-state index in [-0.39, 0.29) is 17.1 Å². The van der Waals surface area contributed by atoms with Crippen LogP contribution < -0.4 is 10.2 Å². The Kier molecular flexibility index (Phi) is 4.90. The Morgan fingerprint density at radius 1 is 1.09 bits per heavy atom. The molecule has 160 valence electrons. The zero-order chi connectivity index (χ0) is 22.4. The van der Waals surface area contributed by atoms with Crippen LogP contribution in [0.2, 0.25) is 0 Å². The number of hydrogen-bond acceptors (Lipinski definition) is 7. The van der Waals surface area contributed by atoms with Crippen LogP contribution in [-0.4, -0.2) is 11.0 Å². The highest BCUT2D eigenvalue weighted by Gasteiger charge is 2.24. The lowest BCUT2D eigenvalue weighted by atomic mass is 10.0. The SMILES string of the molecule is Cc1c(OC(=O)c2ccco2)ccc2c(=O)c(-c3nc4ccccc4s3)c(C(C)C)oc12. The van der Waals surface area contributed by atoms with Crippen molar-refractivity contribution in [3.05, 3.63) is 82.1 Å². The van der Waals surface area contributed by atoms with Crippen molar-refractivity contribution in [1.29, 1.82) is 0 Å². The smallest absolute Gasteiger partial charge is 0.379 e. The van der Waals surface area contributed by atoms with Crippen LogP contribution >= 0.6 is 11.3 Å². The molecule has 0 aliphatic heterocycles. The van der Waals surface area contributed by atoms with Gasteiger partial charge in [0.25, 0.3) is 0 Å². The summed E-state index contributed by atoms with van der Waals surface area (Å²) in [6.07, 6.45) is 1.40. The van der Waals surface area contributed by atoms with Gasteiger partial charge in [-0.05, 0) is 43.3 Å². The van der Waals surface area contributed by atoms with Crippen molar-refractivity contribution < 1.29 is 18.4 Å².